The van der Waals surface area contributed by atoms with E-state index in [9.17, 15) is 9.59 Å². The van der Waals surface area contributed by atoms with Crippen molar-refractivity contribution in [3.63, 3.8) is 0 Å². The Balaban J connectivity index is 0.000000158. The van der Waals surface area contributed by atoms with Gasteiger partial charge in [0.2, 0.25) is 0 Å². The highest BCUT2D eigenvalue weighted by atomic mass is 16.1. The third kappa shape index (κ3) is 3.95. The maximum Gasteiger partial charge on any atom is 0.175 e. The molecule has 5 rings (SSSR count). The lowest BCUT2D eigenvalue weighted by Crippen LogP contribution is -1.98. The number of benzene rings is 3. The molecule has 32 heavy (non-hydrogen) atoms. The van der Waals surface area contributed by atoms with Crippen LogP contribution < -0.4 is 0 Å². The Morgan fingerprint density at radius 1 is 0.688 bits per heavy atom. The highest BCUT2D eigenvalue weighted by molar-refractivity contribution is 6.64. The third-order valence-corrected chi connectivity index (χ3v) is 5.20. The standard InChI is InChI=1S/C15H10BNO.C11H8BNO/c16-15(18)13-11-8-4-5-9-12(11)17-14(13)10-6-2-1-3-7-10;1-2-8-10(11(12)14)7-5-3-4-6-9(7)13-8/h1-9,17H;2-6,13H,1H2. The molecule has 0 saturated carbocycles. The smallest absolute Gasteiger partial charge is 0.175 e. The predicted molar refractivity (Wildman–Crippen MR) is 132 cm³/mol. The lowest BCUT2D eigenvalue weighted by atomic mass is 9.90. The fourth-order valence-electron chi connectivity index (χ4n) is 3.80. The van der Waals surface area contributed by atoms with E-state index in [0.29, 0.717) is 16.8 Å². The van der Waals surface area contributed by atoms with Crippen LogP contribution in [-0.4, -0.2) is 37.0 Å². The van der Waals surface area contributed by atoms with Crippen molar-refractivity contribution < 1.29 is 9.59 Å². The van der Waals surface area contributed by atoms with Gasteiger partial charge in [-0.2, -0.15) is 0 Å². The first-order valence-corrected chi connectivity index (χ1v) is 10.00. The molecule has 0 aliphatic carbocycles. The average Bonchev–Trinajstić information content (AvgIpc) is 3.39. The Bertz CT molecular complexity index is 1450. The average molecular weight is 412 g/mol. The molecule has 0 atom stereocenters. The van der Waals surface area contributed by atoms with E-state index in [1.54, 1.807) is 6.08 Å². The summed E-state index contributed by atoms with van der Waals surface area (Å²) in [7, 11) is 10.8. The van der Waals surface area contributed by atoms with Crippen LogP contribution in [0.4, 0.5) is 0 Å². The summed E-state index contributed by atoms with van der Waals surface area (Å²) in [5.41, 5.74) is 4.46. The van der Waals surface area contributed by atoms with Crippen LogP contribution in [0.2, 0.25) is 0 Å². The number of rotatable bonds is 4. The summed E-state index contributed by atoms with van der Waals surface area (Å²) in [6.07, 6.45) is 1.60. The van der Waals surface area contributed by atoms with Crippen molar-refractivity contribution in [1.82, 2.24) is 9.97 Å². The summed E-state index contributed by atoms with van der Waals surface area (Å²) in [6, 6.07) is 24.9. The van der Waals surface area contributed by atoms with E-state index in [-0.39, 0.29) is 0 Å². The van der Waals surface area contributed by atoms with Gasteiger partial charge < -0.3 is 19.6 Å². The van der Waals surface area contributed by atoms with Gasteiger partial charge in [-0.05, 0) is 23.8 Å². The number of H-pyrrole nitrogens is 2. The van der Waals surface area contributed by atoms with E-state index < -0.39 is 11.4 Å². The van der Waals surface area contributed by atoms with Crippen molar-refractivity contribution in [1.29, 1.82) is 0 Å². The van der Waals surface area contributed by atoms with Crippen LogP contribution in [0.1, 0.15) is 26.4 Å². The Labute approximate surface area is 188 Å². The molecular formula is C26H18B2N2O2. The lowest BCUT2D eigenvalue weighted by Gasteiger charge is -2.01. The molecule has 0 amide bonds. The van der Waals surface area contributed by atoms with Crippen LogP contribution >= 0.6 is 0 Å². The number of carbonyl (C=O) groups excluding carboxylic acids is 2. The van der Waals surface area contributed by atoms with Gasteiger partial charge in [0, 0.05) is 38.6 Å². The van der Waals surface area contributed by atoms with Gasteiger partial charge in [-0.15, -0.1) is 0 Å². The van der Waals surface area contributed by atoms with Crippen LogP contribution in [0.15, 0.2) is 85.4 Å². The first-order valence-electron chi connectivity index (χ1n) is 10.00. The number of para-hydroxylation sites is 2. The summed E-state index contributed by atoms with van der Waals surface area (Å²) in [6.45, 7) is 3.63. The number of fused-ring (bicyclic) bond motifs is 2. The quantitative estimate of drug-likeness (QED) is 0.396. The molecule has 6 heteroatoms. The normalized spacial score (nSPS) is 10.5. The van der Waals surface area contributed by atoms with E-state index in [1.165, 1.54) is 0 Å². The monoisotopic (exact) mass is 412 g/mol. The summed E-state index contributed by atoms with van der Waals surface area (Å²) in [5.74, 6) is 0. The number of aromatic amines is 2. The topological polar surface area (TPSA) is 65.7 Å². The minimum atomic E-state index is -0.433. The van der Waals surface area contributed by atoms with Crippen LogP contribution in [0.5, 0.6) is 0 Å². The van der Waals surface area contributed by atoms with Gasteiger partial charge >= 0.3 is 0 Å². The zero-order valence-electron chi connectivity index (χ0n) is 17.3. The van der Waals surface area contributed by atoms with Crippen LogP contribution in [0.3, 0.4) is 0 Å². The summed E-state index contributed by atoms with van der Waals surface area (Å²) in [4.78, 5) is 29.2. The molecule has 0 aliphatic heterocycles. The molecule has 0 aliphatic rings. The minimum Gasteiger partial charge on any atom is -0.354 e. The molecule has 0 unspecified atom stereocenters. The minimum absolute atomic E-state index is 0.411. The number of hydrogen-bond acceptors (Lipinski definition) is 2. The summed E-state index contributed by atoms with van der Waals surface area (Å²) < 4.78 is 0. The van der Waals surface area contributed by atoms with Crippen LogP contribution in [-0.2, 0) is 0 Å². The zero-order chi connectivity index (χ0) is 22.7. The molecule has 0 fully saturated rings. The van der Waals surface area contributed by atoms with Gasteiger partial charge in [-0.1, -0.05) is 73.3 Å². The van der Waals surface area contributed by atoms with Gasteiger partial charge in [-0.3, -0.25) is 0 Å². The molecule has 0 spiro atoms. The third-order valence-electron chi connectivity index (χ3n) is 5.20. The van der Waals surface area contributed by atoms with Crippen molar-refractivity contribution in [2.75, 3.05) is 0 Å². The molecule has 2 heterocycles. The zero-order valence-corrected chi connectivity index (χ0v) is 17.3. The molecule has 0 saturated heterocycles. The SMILES string of the molecule is [B]C(=O)c1c(-c2ccccc2)[nH]c2ccccc12.[B]C(=O)c1c(C=C)[nH]c2ccccc12. The van der Waals surface area contributed by atoms with Gasteiger partial charge in [0.05, 0.1) is 5.69 Å². The van der Waals surface area contributed by atoms with Crippen molar-refractivity contribution in [3.8, 4) is 11.3 Å². The Kier molecular flexibility index (Phi) is 5.95. The van der Waals surface area contributed by atoms with Gasteiger partial charge in [-0.25, -0.2) is 0 Å². The van der Waals surface area contributed by atoms with Gasteiger partial charge in [0.15, 0.2) is 15.7 Å². The van der Waals surface area contributed by atoms with E-state index >= 15 is 0 Å². The summed E-state index contributed by atoms with van der Waals surface area (Å²) >= 11 is 0. The Morgan fingerprint density at radius 2 is 1.19 bits per heavy atom. The van der Waals surface area contributed by atoms with Crippen molar-refractivity contribution in [3.05, 3.63) is 102 Å². The highest BCUT2D eigenvalue weighted by Crippen LogP contribution is 2.30. The second-order valence-corrected chi connectivity index (χ2v) is 7.18. The molecule has 4 radical (unpaired) electrons. The van der Waals surface area contributed by atoms with Crippen molar-refractivity contribution in [2.45, 2.75) is 0 Å². The molecule has 150 valence electrons. The molecule has 3 aromatic carbocycles. The largest absolute Gasteiger partial charge is 0.354 e. The lowest BCUT2D eigenvalue weighted by molar-refractivity contribution is 0.107. The van der Waals surface area contributed by atoms with E-state index in [4.69, 9.17) is 15.7 Å². The van der Waals surface area contributed by atoms with Crippen molar-refractivity contribution in [2.24, 2.45) is 0 Å². The van der Waals surface area contributed by atoms with Crippen LogP contribution in [0, 0.1) is 0 Å². The number of nitrogens with one attached hydrogen (secondary N) is 2. The van der Waals surface area contributed by atoms with Gasteiger partial charge in [0.1, 0.15) is 11.4 Å². The maximum atomic E-state index is 11.7. The second kappa shape index (κ2) is 8.98. The summed E-state index contributed by atoms with van der Waals surface area (Å²) in [5, 5.41) is 1.71. The first-order chi connectivity index (χ1) is 15.5. The van der Waals surface area contributed by atoms with Crippen LogP contribution in [0.25, 0.3) is 39.1 Å². The molecular weight excluding hydrogens is 394 g/mol. The first kappa shape index (κ1) is 21.2. The molecule has 4 nitrogen and oxygen atoms in total. The van der Waals surface area contributed by atoms with E-state index in [1.807, 2.05) is 78.9 Å². The predicted octanol–water partition coefficient (Wildman–Crippen LogP) is 5.26. The molecule has 2 aromatic heterocycles. The number of hydrogen-bond donors (Lipinski definition) is 2. The molecule has 2 N–H and O–H groups in total. The fraction of sp³-hybridized carbons (Fsp3) is 0. The Hall–Kier alpha value is -4.05. The second-order valence-electron chi connectivity index (χ2n) is 7.18. The maximum absolute atomic E-state index is 11.7. The number of aromatic nitrogens is 2. The van der Waals surface area contributed by atoms with Crippen molar-refractivity contribution >= 4 is 54.9 Å². The number of carbonyl (C=O) groups is 2. The van der Waals surface area contributed by atoms with Gasteiger partial charge in [0.25, 0.3) is 0 Å². The fourth-order valence-corrected chi connectivity index (χ4v) is 3.80. The molecule has 5 aromatic rings. The molecule has 0 bridgehead atoms. The highest BCUT2D eigenvalue weighted by Gasteiger charge is 2.15. The van der Waals surface area contributed by atoms with E-state index in [0.717, 1.165) is 33.1 Å². The Morgan fingerprint density at radius 3 is 1.75 bits per heavy atom. The van der Waals surface area contributed by atoms with E-state index in [2.05, 4.69) is 16.5 Å².